The average molecular weight is 206 g/mol. The van der Waals surface area contributed by atoms with Crippen LogP contribution in [0.3, 0.4) is 0 Å². The number of nitrogens with two attached hydrogens (primary N) is 1. The predicted octanol–water partition coefficient (Wildman–Crippen LogP) is 0.637. The largest absolute Gasteiger partial charge is 0.398 e. The van der Waals surface area contributed by atoms with Gasteiger partial charge in [0.2, 0.25) is 0 Å². The van der Waals surface area contributed by atoms with Gasteiger partial charge in [-0.15, -0.1) is 0 Å². The summed E-state index contributed by atoms with van der Waals surface area (Å²) in [5, 5.41) is 3.09. The fourth-order valence-corrected chi connectivity index (χ4v) is 2.85. The van der Waals surface area contributed by atoms with Crippen LogP contribution < -0.4 is 11.1 Å². The third-order valence-electron chi connectivity index (χ3n) is 1.94. The topological polar surface area (TPSA) is 56.5 Å². The van der Waals surface area contributed by atoms with Crippen LogP contribution in [0.15, 0.2) is 0 Å². The van der Waals surface area contributed by atoms with Gasteiger partial charge in [0.25, 0.3) is 0 Å². The smallest absolute Gasteiger partial charge is 0.335 e. The first kappa shape index (κ1) is 13.1. The third-order valence-corrected chi connectivity index (χ3v) is 4.96. The van der Waals surface area contributed by atoms with E-state index < -0.39 is 8.56 Å². The second-order valence-electron chi connectivity index (χ2n) is 3.17. The van der Waals surface area contributed by atoms with E-state index in [9.17, 15) is 0 Å². The van der Waals surface area contributed by atoms with Crippen LogP contribution in [0.2, 0.25) is 12.6 Å². The summed E-state index contributed by atoms with van der Waals surface area (Å²) < 4.78 is 11.1. The Hall–Kier alpha value is 0.0569. The van der Waals surface area contributed by atoms with Crippen LogP contribution in [-0.2, 0) is 8.85 Å². The highest BCUT2D eigenvalue weighted by molar-refractivity contribution is 6.65. The van der Waals surface area contributed by atoms with E-state index in [0.717, 1.165) is 19.0 Å². The monoisotopic (exact) mass is 206 g/mol. The molecule has 3 N–H and O–H groups in total. The fourth-order valence-electron chi connectivity index (χ4n) is 1.07. The summed E-state index contributed by atoms with van der Waals surface area (Å²) in [6.07, 6.45) is 1.10. The zero-order valence-electron chi connectivity index (χ0n) is 8.93. The van der Waals surface area contributed by atoms with Gasteiger partial charge in [0.15, 0.2) is 0 Å². The van der Waals surface area contributed by atoms with Crippen LogP contribution in [-0.4, -0.2) is 35.5 Å². The lowest BCUT2D eigenvalue weighted by Crippen LogP contribution is -2.41. The SMILES string of the molecule is CCC[Si](C)(OC)OCNCCN. The van der Waals surface area contributed by atoms with Gasteiger partial charge in [0.05, 0.1) is 6.73 Å². The molecule has 0 spiro atoms. The molecule has 0 aliphatic heterocycles. The van der Waals surface area contributed by atoms with E-state index in [2.05, 4.69) is 18.8 Å². The molecule has 0 bridgehead atoms. The van der Waals surface area contributed by atoms with E-state index >= 15 is 0 Å². The van der Waals surface area contributed by atoms with Crippen molar-refractivity contribution in [2.75, 3.05) is 26.9 Å². The highest BCUT2D eigenvalue weighted by Crippen LogP contribution is 2.13. The second-order valence-corrected chi connectivity index (χ2v) is 6.63. The molecule has 0 aliphatic carbocycles. The van der Waals surface area contributed by atoms with Crippen LogP contribution in [0.4, 0.5) is 0 Å². The summed E-state index contributed by atoms with van der Waals surface area (Å²) in [6.45, 7) is 6.21. The van der Waals surface area contributed by atoms with Gasteiger partial charge in [-0.3, -0.25) is 5.32 Å². The Bertz CT molecular complexity index is 127. The van der Waals surface area contributed by atoms with Crippen molar-refractivity contribution in [2.45, 2.75) is 25.9 Å². The zero-order valence-corrected chi connectivity index (χ0v) is 9.93. The zero-order chi connectivity index (χ0) is 10.2. The Morgan fingerprint density at radius 1 is 1.46 bits per heavy atom. The quantitative estimate of drug-likeness (QED) is 0.348. The van der Waals surface area contributed by atoms with Gasteiger partial charge in [-0.05, 0) is 12.6 Å². The molecule has 0 aromatic heterocycles. The first-order valence-corrected chi connectivity index (χ1v) is 7.30. The normalized spacial score (nSPS) is 15.7. The van der Waals surface area contributed by atoms with E-state index in [4.69, 9.17) is 14.6 Å². The summed E-state index contributed by atoms with van der Waals surface area (Å²) in [7, 11) is -0.150. The molecule has 0 heterocycles. The Morgan fingerprint density at radius 2 is 2.15 bits per heavy atom. The van der Waals surface area contributed by atoms with Gasteiger partial charge in [-0.25, -0.2) is 0 Å². The van der Waals surface area contributed by atoms with Crippen LogP contribution in [0.25, 0.3) is 0 Å². The first-order valence-electron chi connectivity index (χ1n) is 4.78. The molecule has 4 nitrogen and oxygen atoms in total. The summed E-state index contributed by atoms with van der Waals surface area (Å²) >= 11 is 0. The number of rotatable bonds is 8. The van der Waals surface area contributed by atoms with Crippen molar-refractivity contribution in [2.24, 2.45) is 5.73 Å². The number of nitrogens with one attached hydrogen (secondary N) is 1. The van der Waals surface area contributed by atoms with Crippen molar-refractivity contribution in [1.82, 2.24) is 5.32 Å². The minimum Gasteiger partial charge on any atom is -0.398 e. The van der Waals surface area contributed by atoms with Crippen LogP contribution in [0, 0.1) is 0 Å². The summed E-state index contributed by atoms with van der Waals surface area (Å²) in [4.78, 5) is 0. The first-order chi connectivity index (χ1) is 6.18. The van der Waals surface area contributed by atoms with Gasteiger partial charge in [-0.1, -0.05) is 13.3 Å². The lowest BCUT2D eigenvalue weighted by Gasteiger charge is -2.24. The van der Waals surface area contributed by atoms with Gasteiger partial charge in [-0.2, -0.15) is 0 Å². The highest BCUT2D eigenvalue weighted by Gasteiger charge is 2.28. The minimum absolute atomic E-state index is 0.549. The number of hydrogen-bond donors (Lipinski definition) is 2. The molecule has 0 rings (SSSR count). The molecule has 0 aliphatic rings. The molecule has 1 unspecified atom stereocenters. The maximum atomic E-state index is 5.67. The molecule has 0 saturated carbocycles. The molecular weight excluding hydrogens is 184 g/mol. The Kier molecular flexibility index (Phi) is 7.49. The van der Waals surface area contributed by atoms with Gasteiger partial charge in [0.1, 0.15) is 0 Å². The van der Waals surface area contributed by atoms with E-state index in [1.165, 1.54) is 0 Å². The molecule has 13 heavy (non-hydrogen) atoms. The molecule has 0 radical (unpaired) electrons. The Labute approximate surface area is 82.0 Å². The van der Waals surface area contributed by atoms with Crippen LogP contribution >= 0.6 is 0 Å². The molecular formula is C8H22N2O2Si. The summed E-state index contributed by atoms with van der Waals surface area (Å²) in [6, 6.07) is 1.04. The van der Waals surface area contributed by atoms with Gasteiger partial charge >= 0.3 is 8.56 Å². The minimum atomic E-state index is -1.88. The molecule has 1 atom stereocenters. The van der Waals surface area contributed by atoms with Gasteiger partial charge < -0.3 is 14.6 Å². The molecule has 5 heteroatoms. The van der Waals surface area contributed by atoms with E-state index in [-0.39, 0.29) is 0 Å². The lowest BCUT2D eigenvalue weighted by atomic mass is 10.6. The Balaban J connectivity index is 3.57. The summed E-state index contributed by atoms with van der Waals surface area (Å²) in [5.41, 5.74) is 5.33. The average Bonchev–Trinajstić information content (AvgIpc) is 2.13. The van der Waals surface area contributed by atoms with Crippen LogP contribution in [0.1, 0.15) is 13.3 Å². The molecule has 0 aromatic carbocycles. The van der Waals surface area contributed by atoms with Gasteiger partial charge in [0, 0.05) is 20.2 Å². The van der Waals surface area contributed by atoms with Crippen molar-refractivity contribution in [1.29, 1.82) is 0 Å². The van der Waals surface area contributed by atoms with Crippen molar-refractivity contribution in [3.05, 3.63) is 0 Å². The van der Waals surface area contributed by atoms with Crippen molar-refractivity contribution in [3.8, 4) is 0 Å². The highest BCUT2D eigenvalue weighted by atomic mass is 28.4. The van der Waals surface area contributed by atoms with E-state index in [1.54, 1.807) is 7.11 Å². The van der Waals surface area contributed by atoms with Crippen molar-refractivity contribution in [3.63, 3.8) is 0 Å². The van der Waals surface area contributed by atoms with E-state index in [0.29, 0.717) is 13.3 Å². The van der Waals surface area contributed by atoms with Crippen molar-refractivity contribution < 1.29 is 8.85 Å². The molecule has 0 fully saturated rings. The predicted molar refractivity (Wildman–Crippen MR) is 56.7 cm³/mol. The fraction of sp³-hybridized carbons (Fsp3) is 1.00. The third kappa shape index (κ3) is 6.17. The van der Waals surface area contributed by atoms with Crippen LogP contribution in [0.5, 0.6) is 0 Å². The summed E-state index contributed by atoms with van der Waals surface area (Å²) in [5.74, 6) is 0. The molecule has 0 saturated heterocycles. The maximum Gasteiger partial charge on any atom is 0.335 e. The maximum absolute atomic E-state index is 5.67. The molecule has 0 amide bonds. The lowest BCUT2D eigenvalue weighted by molar-refractivity contribution is 0.189. The number of hydrogen-bond acceptors (Lipinski definition) is 4. The standard InChI is InChI=1S/C8H22N2O2Si/c1-4-7-13(3,11-2)12-8-10-6-5-9/h10H,4-9H2,1-3H3. The van der Waals surface area contributed by atoms with E-state index in [1.807, 2.05) is 0 Å². The Morgan fingerprint density at radius 3 is 2.62 bits per heavy atom. The molecule has 80 valence electrons. The van der Waals surface area contributed by atoms with Crippen molar-refractivity contribution >= 4 is 8.56 Å². The second kappa shape index (κ2) is 7.46. The molecule has 0 aromatic rings.